The van der Waals surface area contributed by atoms with Gasteiger partial charge in [0.1, 0.15) is 0 Å². The van der Waals surface area contributed by atoms with Crippen molar-refractivity contribution in [3.05, 3.63) is 59.2 Å². The van der Waals surface area contributed by atoms with E-state index >= 15 is 0 Å². The van der Waals surface area contributed by atoms with E-state index in [4.69, 9.17) is 11.5 Å². The zero-order valence-corrected chi connectivity index (χ0v) is 13.5. The summed E-state index contributed by atoms with van der Waals surface area (Å²) in [5, 5.41) is 9.15. The number of carboxylic acids is 1. The number of rotatable bonds is 4. The average Bonchev–Trinajstić information content (AvgIpc) is 2.54. The Balaban J connectivity index is 2.51. The van der Waals surface area contributed by atoms with Crippen molar-refractivity contribution in [1.82, 2.24) is 0 Å². The molecule has 0 saturated heterocycles. The van der Waals surface area contributed by atoms with E-state index in [1.54, 1.807) is 31.2 Å². The third kappa shape index (κ3) is 3.20. The van der Waals surface area contributed by atoms with Gasteiger partial charge in [-0.25, -0.2) is 13.2 Å². The van der Waals surface area contributed by atoms with Crippen molar-refractivity contribution < 1.29 is 18.3 Å². The summed E-state index contributed by atoms with van der Waals surface area (Å²) in [6, 6.07) is 10.6. The largest absolute Gasteiger partial charge is 0.478 e. The van der Waals surface area contributed by atoms with Crippen molar-refractivity contribution in [1.29, 1.82) is 0 Å². The van der Waals surface area contributed by atoms with Crippen LogP contribution in [0.25, 0.3) is 0 Å². The minimum absolute atomic E-state index is 0.0446. The van der Waals surface area contributed by atoms with Crippen LogP contribution >= 0.6 is 0 Å². The van der Waals surface area contributed by atoms with Gasteiger partial charge in [-0.05, 0) is 42.8 Å². The molecule has 0 amide bonds. The second-order valence-corrected chi connectivity index (χ2v) is 6.92. The summed E-state index contributed by atoms with van der Waals surface area (Å²) >= 11 is 0. The molecule has 0 saturated carbocycles. The molecular weight excluding hydrogens is 314 g/mol. The molecule has 0 aliphatic rings. The predicted octanol–water partition coefficient (Wildman–Crippen LogP) is 2.50. The second-order valence-electron chi connectivity index (χ2n) is 4.95. The van der Waals surface area contributed by atoms with Gasteiger partial charge in [0.25, 0.3) is 10.0 Å². The molecule has 23 heavy (non-hydrogen) atoms. The fourth-order valence-corrected chi connectivity index (χ4v) is 3.29. The van der Waals surface area contributed by atoms with Crippen LogP contribution in [0.4, 0.5) is 5.69 Å². The molecule has 118 valence electrons. The quantitative estimate of drug-likeness (QED) is 0.875. The van der Waals surface area contributed by atoms with Gasteiger partial charge in [-0.3, -0.25) is 4.31 Å². The van der Waals surface area contributed by atoms with Crippen LogP contribution in [0.3, 0.4) is 0 Å². The maximum Gasteiger partial charge on any atom is 0.335 e. The van der Waals surface area contributed by atoms with Crippen molar-refractivity contribution in [2.45, 2.75) is 11.8 Å². The van der Waals surface area contributed by atoms with Crippen LogP contribution in [0.1, 0.15) is 21.5 Å². The maximum absolute atomic E-state index is 12.7. The number of nitrogens with zero attached hydrogens (tertiary/aromatic N) is 1. The third-order valence-corrected chi connectivity index (χ3v) is 5.26. The Morgan fingerprint density at radius 3 is 2.52 bits per heavy atom. The molecule has 0 aliphatic carbocycles. The first-order valence-electron chi connectivity index (χ1n) is 6.67. The zero-order valence-electron chi connectivity index (χ0n) is 12.6. The number of aromatic carboxylic acids is 1. The summed E-state index contributed by atoms with van der Waals surface area (Å²) in [6.45, 7) is 1.61. The molecule has 0 aromatic heterocycles. The monoisotopic (exact) mass is 329 g/mol. The van der Waals surface area contributed by atoms with Gasteiger partial charge in [-0.1, -0.05) is 18.1 Å². The number of anilines is 1. The molecule has 0 radical (unpaired) electrons. The van der Waals surface area contributed by atoms with Gasteiger partial charge >= 0.3 is 5.97 Å². The molecule has 0 unspecified atom stereocenters. The van der Waals surface area contributed by atoms with E-state index < -0.39 is 16.0 Å². The molecule has 0 bridgehead atoms. The highest BCUT2D eigenvalue weighted by Gasteiger charge is 2.23. The number of hydrogen-bond acceptors (Lipinski definition) is 3. The van der Waals surface area contributed by atoms with E-state index in [0.29, 0.717) is 16.8 Å². The standard InChI is InChI=1S/C17H15NO4S/c1-4-13-6-5-7-14(10-13)18(3)23(21,22)15-9-8-12(2)16(11-15)17(19)20/h1,5-11H,2-3H3,(H,19,20). The van der Waals surface area contributed by atoms with Gasteiger partial charge in [0, 0.05) is 12.6 Å². The third-order valence-electron chi connectivity index (χ3n) is 3.47. The average molecular weight is 329 g/mol. The summed E-state index contributed by atoms with van der Waals surface area (Å²) in [5.74, 6) is 1.28. The summed E-state index contributed by atoms with van der Waals surface area (Å²) in [5.41, 5.74) is 1.41. The lowest BCUT2D eigenvalue weighted by molar-refractivity contribution is 0.0696. The normalized spacial score (nSPS) is 10.8. The van der Waals surface area contributed by atoms with Gasteiger partial charge in [-0.2, -0.15) is 0 Å². The number of carboxylic acid groups (broad SMARTS) is 1. The van der Waals surface area contributed by atoms with Gasteiger partial charge < -0.3 is 5.11 Å². The van der Waals surface area contributed by atoms with Gasteiger partial charge in [-0.15, -0.1) is 6.42 Å². The smallest absolute Gasteiger partial charge is 0.335 e. The lowest BCUT2D eigenvalue weighted by Crippen LogP contribution is -2.26. The first-order chi connectivity index (χ1) is 10.8. The highest BCUT2D eigenvalue weighted by molar-refractivity contribution is 7.92. The van der Waals surface area contributed by atoms with Crippen molar-refractivity contribution in [2.24, 2.45) is 0 Å². The minimum atomic E-state index is -3.89. The van der Waals surface area contributed by atoms with Crippen molar-refractivity contribution in [3.8, 4) is 12.3 Å². The second kappa shape index (κ2) is 6.15. The Morgan fingerprint density at radius 2 is 1.91 bits per heavy atom. The summed E-state index contributed by atoms with van der Waals surface area (Å²) in [6.07, 6.45) is 5.33. The summed E-state index contributed by atoms with van der Waals surface area (Å²) < 4.78 is 26.5. The van der Waals surface area contributed by atoms with E-state index in [1.807, 2.05) is 0 Å². The summed E-state index contributed by atoms with van der Waals surface area (Å²) in [4.78, 5) is 11.1. The number of benzene rings is 2. The fourth-order valence-electron chi connectivity index (χ4n) is 2.08. The maximum atomic E-state index is 12.7. The first kappa shape index (κ1) is 16.6. The van der Waals surface area contributed by atoms with E-state index in [-0.39, 0.29) is 10.5 Å². The molecule has 2 aromatic carbocycles. The van der Waals surface area contributed by atoms with Crippen LogP contribution in [0.2, 0.25) is 0 Å². The van der Waals surface area contributed by atoms with E-state index in [2.05, 4.69) is 5.92 Å². The molecule has 0 fully saturated rings. The van der Waals surface area contributed by atoms with Gasteiger partial charge in [0.15, 0.2) is 0 Å². The molecule has 0 aliphatic heterocycles. The first-order valence-corrected chi connectivity index (χ1v) is 8.11. The van der Waals surface area contributed by atoms with Crippen LogP contribution in [0.15, 0.2) is 47.4 Å². The number of carbonyl (C=O) groups is 1. The SMILES string of the molecule is C#Cc1cccc(N(C)S(=O)(=O)c2ccc(C)c(C(=O)O)c2)c1. The van der Waals surface area contributed by atoms with Gasteiger partial charge in [0.05, 0.1) is 16.1 Å². The molecular formula is C17H15NO4S. The Morgan fingerprint density at radius 1 is 1.22 bits per heavy atom. The minimum Gasteiger partial charge on any atom is -0.478 e. The lowest BCUT2D eigenvalue weighted by atomic mass is 10.1. The Labute approximate surface area is 135 Å². The number of sulfonamides is 1. The number of terminal acetylenes is 1. The van der Waals surface area contributed by atoms with Crippen LogP contribution in [0.5, 0.6) is 0 Å². The van der Waals surface area contributed by atoms with Crippen LogP contribution < -0.4 is 4.31 Å². The molecule has 5 nitrogen and oxygen atoms in total. The molecule has 6 heteroatoms. The molecule has 2 aromatic rings. The topological polar surface area (TPSA) is 74.7 Å². The lowest BCUT2D eigenvalue weighted by Gasteiger charge is -2.20. The highest BCUT2D eigenvalue weighted by atomic mass is 32.2. The molecule has 0 spiro atoms. The van der Waals surface area contributed by atoms with Crippen LogP contribution in [-0.2, 0) is 10.0 Å². The van der Waals surface area contributed by atoms with Crippen molar-refractivity contribution in [3.63, 3.8) is 0 Å². The number of hydrogen-bond donors (Lipinski definition) is 1. The van der Waals surface area contributed by atoms with Gasteiger partial charge in [0.2, 0.25) is 0 Å². The molecule has 1 N–H and O–H groups in total. The predicted molar refractivity (Wildman–Crippen MR) is 88.1 cm³/mol. The zero-order chi connectivity index (χ0) is 17.2. The van der Waals surface area contributed by atoms with Crippen molar-refractivity contribution in [2.75, 3.05) is 11.4 Å². The number of aryl methyl sites for hydroxylation is 1. The Bertz CT molecular complexity index is 910. The highest BCUT2D eigenvalue weighted by Crippen LogP contribution is 2.24. The fraction of sp³-hybridized carbons (Fsp3) is 0.118. The summed E-state index contributed by atoms with van der Waals surface area (Å²) in [7, 11) is -2.49. The molecule has 0 atom stereocenters. The van der Waals surface area contributed by atoms with Crippen molar-refractivity contribution >= 4 is 21.7 Å². The molecule has 2 rings (SSSR count). The van der Waals surface area contributed by atoms with E-state index in [1.165, 1.54) is 19.2 Å². The van der Waals surface area contributed by atoms with Crippen LogP contribution in [0, 0.1) is 19.3 Å². The Kier molecular flexibility index (Phi) is 4.43. The van der Waals surface area contributed by atoms with Crippen LogP contribution in [-0.4, -0.2) is 26.5 Å². The van der Waals surface area contributed by atoms with E-state index in [9.17, 15) is 13.2 Å². The molecule has 0 heterocycles. The van der Waals surface area contributed by atoms with E-state index in [0.717, 1.165) is 10.4 Å². The Hall–Kier alpha value is -2.78.